The number of nitrogens with one attached hydrogen (secondary N) is 2. The van der Waals surface area contributed by atoms with Crippen LogP contribution in [0.25, 0.3) is 0 Å². The number of hydrogen-bond acceptors (Lipinski definition) is 9. The molecule has 0 spiro atoms. The summed E-state index contributed by atoms with van der Waals surface area (Å²) in [5, 5.41) is 6.91. The first kappa shape index (κ1) is 26.8. The van der Waals surface area contributed by atoms with Gasteiger partial charge in [-0.2, -0.15) is 4.98 Å². The molecular weight excluding hydrogens is 527 g/mol. The van der Waals surface area contributed by atoms with E-state index in [0.29, 0.717) is 37.3 Å². The van der Waals surface area contributed by atoms with Crippen LogP contribution in [0.3, 0.4) is 0 Å². The number of piperidine rings is 1. The van der Waals surface area contributed by atoms with E-state index in [0.717, 1.165) is 66.3 Å². The molecule has 0 saturated carbocycles. The van der Waals surface area contributed by atoms with Gasteiger partial charge in [0.2, 0.25) is 5.95 Å². The second-order valence-electron chi connectivity index (χ2n) is 10.5. The molecule has 40 heavy (non-hydrogen) atoms. The van der Waals surface area contributed by atoms with Crippen molar-refractivity contribution in [2.24, 2.45) is 0 Å². The summed E-state index contributed by atoms with van der Waals surface area (Å²) in [5.74, 6) is 2.14. The number of rotatable bonds is 6. The van der Waals surface area contributed by atoms with Crippen LogP contribution in [-0.4, -0.2) is 82.6 Å². The number of piperazine rings is 1. The Morgan fingerprint density at radius 3 is 2.65 bits per heavy atom. The van der Waals surface area contributed by atoms with E-state index in [-0.39, 0.29) is 11.3 Å². The average molecular weight is 563 g/mol. The molecule has 2 fully saturated rings. The van der Waals surface area contributed by atoms with Gasteiger partial charge in [-0.25, -0.2) is 14.4 Å². The van der Waals surface area contributed by atoms with Gasteiger partial charge in [-0.05, 0) is 44.0 Å². The summed E-state index contributed by atoms with van der Waals surface area (Å²) in [6.45, 7) is 10.0. The van der Waals surface area contributed by atoms with E-state index in [9.17, 15) is 9.18 Å². The second kappa shape index (κ2) is 11.6. The van der Waals surface area contributed by atoms with Gasteiger partial charge in [0.05, 0.1) is 10.6 Å². The van der Waals surface area contributed by atoms with E-state index in [2.05, 4.69) is 37.3 Å². The number of aryl methyl sites for hydroxylation is 1. The largest absolute Gasteiger partial charge is 0.368 e. The molecule has 0 bridgehead atoms. The van der Waals surface area contributed by atoms with Crippen LogP contribution in [0.1, 0.15) is 46.8 Å². The molecule has 0 aliphatic carbocycles. The number of carbonyl (C=O) groups is 1. The molecule has 2 N–H and O–H groups in total. The molecule has 1 atom stereocenters. The smallest absolute Gasteiger partial charge is 0.253 e. The van der Waals surface area contributed by atoms with Gasteiger partial charge in [-0.15, -0.1) is 0 Å². The summed E-state index contributed by atoms with van der Waals surface area (Å²) in [6.07, 6.45) is 1.89. The standard InChI is InChI=1S/C29H35FN8OS/c1-3-36-11-13-38(14-12-36)29-32-19(2)15-26(35-29)34-25-17-23-24(18-31-25)40-27(33-23)20-5-4-6-21(16-20)28(39)37-9-7-22(30)8-10-37/h4-6,15-18,22,27,33H,3,7-14H2,1-2H3,(H,31,32,34,35). The van der Waals surface area contributed by atoms with Gasteiger partial charge in [0, 0.05) is 68.9 Å². The summed E-state index contributed by atoms with van der Waals surface area (Å²) in [5.41, 5.74) is 3.54. The highest BCUT2D eigenvalue weighted by atomic mass is 32.2. The maximum atomic E-state index is 13.5. The highest BCUT2D eigenvalue weighted by Crippen LogP contribution is 2.47. The lowest BCUT2D eigenvalue weighted by Gasteiger charge is -2.34. The number of anilines is 4. The van der Waals surface area contributed by atoms with Crippen molar-refractivity contribution in [3.05, 3.63) is 59.4 Å². The molecule has 1 unspecified atom stereocenters. The normalized spacial score (nSPS) is 19.8. The molecule has 9 nitrogen and oxygen atoms in total. The number of thioether (sulfide) groups is 1. The first-order valence-electron chi connectivity index (χ1n) is 14.0. The Morgan fingerprint density at radius 2 is 1.88 bits per heavy atom. The predicted molar refractivity (Wildman–Crippen MR) is 157 cm³/mol. The van der Waals surface area contributed by atoms with Gasteiger partial charge in [-0.1, -0.05) is 30.8 Å². The number of hydrogen-bond donors (Lipinski definition) is 2. The minimum absolute atomic E-state index is 0.0332. The van der Waals surface area contributed by atoms with Crippen LogP contribution in [0.15, 0.2) is 47.5 Å². The molecule has 5 heterocycles. The molecule has 210 valence electrons. The lowest BCUT2D eigenvalue weighted by Crippen LogP contribution is -2.46. The fourth-order valence-electron chi connectivity index (χ4n) is 5.39. The van der Waals surface area contributed by atoms with Gasteiger partial charge in [-0.3, -0.25) is 4.79 Å². The second-order valence-corrected chi connectivity index (χ2v) is 11.7. The van der Waals surface area contributed by atoms with Crippen LogP contribution in [0.2, 0.25) is 0 Å². The third-order valence-corrected chi connectivity index (χ3v) is 8.95. The Morgan fingerprint density at radius 1 is 1.07 bits per heavy atom. The number of likely N-dealkylation sites (N-methyl/N-ethyl adjacent to an activating group) is 1. The zero-order chi connectivity index (χ0) is 27.6. The molecule has 2 aromatic heterocycles. The van der Waals surface area contributed by atoms with Crippen LogP contribution < -0.4 is 15.5 Å². The zero-order valence-electron chi connectivity index (χ0n) is 22.9. The van der Waals surface area contributed by atoms with Crippen LogP contribution in [0.5, 0.6) is 0 Å². The fraction of sp³-hybridized carbons (Fsp3) is 0.448. The Hall–Kier alpha value is -3.44. The fourth-order valence-corrected chi connectivity index (χ4v) is 6.47. The van der Waals surface area contributed by atoms with E-state index in [1.165, 1.54) is 0 Å². The van der Waals surface area contributed by atoms with E-state index in [4.69, 9.17) is 4.98 Å². The van der Waals surface area contributed by atoms with Gasteiger partial charge >= 0.3 is 0 Å². The molecule has 3 aromatic rings. The first-order valence-corrected chi connectivity index (χ1v) is 14.9. The molecule has 2 saturated heterocycles. The van der Waals surface area contributed by atoms with Crippen molar-refractivity contribution < 1.29 is 9.18 Å². The molecule has 6 rings (SSSR count). The van der Waals surface area contributed by atoms with Crippen LogP contribution in [0.4, 0.5) is 27.7 Å². The third kappa shape index (κ3) is 5.85. The topological polar surface area (TPSA) is 89.5 Å². The maximum absolute atomic E-state index is 13.5. The van der Waals surface area contributed by atoms with Crippen molar-refractivity contribution in [1.29, 1.82) is 0 Å². The van der Waals surface area contributed by atoms with Crippen LogP contribution >= 0.6 is 11.8 Å². The highest BCUT2D eigenvalue weighted by molar-refractivity contribution is 8.00. The van der Waals surface area contributed by atoms with E-state index < -0.39 is 6.17 Å². The quantitative estimate of drug-likeness (QED) is 0.437. The van der Waals surface area contributed by atoms with Crippen molar-refractivity contribution in [3.63, 3.8) is 0 Å². The molecule has 0 radical (unpaired) electrons. The van der Waals surface area contributed by atoms with Crippen molar-refractivity contribution in [3.8, 4) is 0 Å². The minimum atomic E-state index is -0.803. The lowest BCUT2D eigenvalue weighted by molar-refractivity contribution is 0.0667. The van der Waals surface area contributed by atoms with Crippen LogP contribution in [-0.2, 0) is 0 Å². The summed E-state index contributed by atoms with van der Waals surface area (Å²) in [4.78, 5) is 34.6. The number of nitrogens with zero attached hydrogens (tertiary/aromatic N) is 6. The molecule has 3 aliphatic rings. The number of amides is 1. The van der Waals surface area contributed by atoms with Crippen molar-refractivity contribution in [1.82, 2.24) is 24.8 Å². The molecular formula is C29H35FN8OS. The average Bonchev–Trinajstić information content (AvgIpc) is 3.41. The van der Waals surface area contributed by atoms with E-state index >= 15 is 0 Å². The van der Waals surface area contributed by atoms with Gasteiger partial charge < -0.3 is 25.3 Å². The molecule has 11 heteroatoms. The van der Waals surface area contributed by atoms with Gasteiger partial charge in [0.15, 0.2) is 0 Å². The monoisotopic (exact) mass is 562 g/mol. The predicted octanol–water partition coefficient (Wildman–Crippen LogP) is 4.86. The van der Waals surface area contributed by atoms with Gasteiger partial charge in [0.25, 0.3) is 5.91 Å². The Kier molecular flexibility index (Phi) is 7.75. The number of aromatic nitrogens is 3. The molecule has 3 aliphatic heterocycles. The van der Waals surface area contributed by atoms with E-state index in [1.54, 1.807) is 16.7 Å². The summed E-state index contributed by atoms with van der Waals surface area (Å²) in [6, 6.07) is 11.7. The first-order chi connectivity index (χ1) is 19.4. The third-order valence-electron chi connectivity index (χ3n) is 7.75. The lowest BCUT2D eigenvalue weighted by atomic mass is 10.1. The Balaban J connectivity index is 1.13. The zero-order valence-corrected chi connectivity index (χ0v) is 23.8. The maximum Gasteiger partial charge on any atom is 0.253 e. The summed E-state index contributed by atoms with van der Waals surface area (Å²) >= 11 is 1.67. The summed E-state index contributed by atoms with van der Waals surface area (Å²) < 4.78 is 13.5. The van der Waals surface area contributed by atoms with E-state index in [1.807, 2.05) is 49.5 Å². The summed E-state index contributed by atoms with van der Waals surface area (Å²) in [7, 11) is 0. The molecule has 1 aromatic carbocycles. The number of alkyl halides is 1. The number of pyridine rings is 1. The number of carbonyl (C=O) groups excluding carboxylic acids is 1. The molecule has 1 amide bonds. The highest BCUT2D eigenvalue weighted by Gasteiger charge is 2.27. The minimum Gasteiger partial charge on any atom is -0.368 e. The Labute approximate surface area is 238 Å². The number of fused-ring (bicyclic) bond motifs is 1. The van der Waals surface area contributed by atoms with Gasteiger partial charge in [0.1, 0.15) is 23.2 Å². The van der Waals surface area contributed by atoms with Crippen molar-refractivity contribution >= 4 is 40.9 Å². The number of halogens is 1. The number of benzene rings is 1. The SMILES string of the molecule is CCN1CCN(c2nc(C)cc(Nc3cc4c(cn3)SC(c3cccc(C(=O)N5CCC(F)CC5)c3)N4)n2)CC1. The van der Waals surface area contributed by atoms with Crippen molar-refractivity contribution in [2.75, 3.05) is 61.3 Å². The number of likely N-dealkylation sites (tertiary alicyclic amines) is 1. The van der Waals surface area contributed by atoms with Crippen LogP contribution in [0, 0.1) is 6.92 Å². The Bertz CT molecular complexity index is 1370. The van der Waals surface area contributed by atoms with Crippen molar-refractivity contribution in [2.45, 2.75) is 43.1 Å².